The van der Waals surface area contributed by atoms with Gasteiger partial charge in [0.15, 0.2) is 0 Å². The molecule has 0 spiro atoms. The number of fused-ring (bicyclic) bond motifs is 7. The third-order valence-electron chi connectivity index (χ3n) is 15.7. The number of aliphatic hydroxyl groups is 1. The number of aliphatic hydroxyl groups excluding tert-OH is 1. The second kappa shape index (κ2) is 12.6. The molecule has 2 amide bonds. The van der Waals surface area contributed by atoms with E-state index in [2.05, 4.69) is 78.9 Å². The van der Waals surface area contributed by atoms with Gasteiger partial charge in [-0.05, 0) is 121 Å². The van der Waals surface area contributed by atoms with Crippen molar-refractivity contribution in [1.29, 1.82) is 0 Å². The van der Waals surface area contributed by atoms with Crippen LogP contribution in [0.25, 0.3) is 0 Å². The number of rotatable bonds is 8. The predicted octanol–water partition coefficient (Wildman–Crippen LogP) is 9.09. The summed E-state index contributed by atoms with van der Waals surface area (Å²) in [5.74, 6) is 1.45. The lowest BCUT2D eigenvalue weighted by molar-refractivity contribution is -0.204. The van der Waals surface area contributed by atoms with Crippen molar-refractivity contribution >= 4 is 11.8 Å². The molecule has 0 aromatic heterocycles. The highest BCUT2D eigenvalue weighted by atomic mass is 16.3. The molecule has 1 aromatic rings. The molecule has 5 nitrogen and oxygen atoms in total. The molecule has 5 aliphatic rings. The molecule has 266 valence electrons. The first-order valence-electron chi connectivity index (χ1n) is 19.5. The van der Waals surface area contributed by atoms with Crippen molar-refractivity contribution in [2.24, 2.45) is 50.2 Å². The largest absolute Gasteiger partial charge is 0.393 e. The summed E-state index contributed by atoms with van der Waals surface area (Å²) in [6, 6.07) is 10.2. The van der Waals surface area contributed by atoms with Crippen LogP contribution in [0.1, 0.15) is 138 Å². The van der Waals surface area contributed by atoms with Gasteiger partial charge in [-0.15, -0.1) is 0 Å². The molecule has 0 aliphatic heterocycles. The van der Waals surface area contributed by atoms with E-state index in [0.29, 0.717) is 24.9 Å². The van der Waals surface area contributed by atoms with Gasteiger partial charge in [-0.2, -0.15) is 0 Å². The monoisotopic (exact) mass is 659 g/mol. The van der Waals surface area contributed by atoms with Gasteiger partial charge in [-0.3, -0.25) is 9.59 Å². The van der Waals surface area contributed by atoms with Crippen molar-refractivity contribution in [2.75, 3.05) is 13.1 Å². The van der Waals surface area contributed by atoms with E-state index in [0.717, 1.165) is 69.8 Å². The molecule has 48 heavy (non-hydrogen) atoms. The van der Waals surface area contributed by atoms with Gasteiger partial charge in [0.05, 0.1) is 18.1 Å². The first-order chi connectivity index (χ1) is 22.5. The number of nitrogens with one attached hydrogen (secondary N) is 1. The Morgan fingerprint density at radius 2 is 1.60 bits per heavy atom. The van der Waals surface area contributed by atoms with Crippen molar-refractivity contribution < 1.29 is 14.7 Å². The lowest BCUT2D eigenvalue weighted by Gasteiger charge is -2.71. The SMILES string of the molecule is CCCCNC(=O)CN(Cc1ccccc1)C(=O)[C@]12CCC(C)(C)C[C@H]1C1=CC[C@@H]3[C@@]4(C)CC[C@H](O)C(C)(C)[C@@H]4CC[C@@]3(C)[C@]1(C)CC2. The Balaban J connectivity index is 1.37. The van der Waals surface area contributed by atoms with Crippen LogP contribution in [0, 0.1) is 50.2 Å². The summed E-state index contributed by atoms with van der Waals surface area (Å²) in [7, 11) is 0. The molecule has 0 saturated heterocycles. The normalized spacial score (nSPS) is 39.5. The van der Waals surface area contributed by atoms with E-state index in [9.17, 15) is 9.90 Å². The minimum absolute atomic E-state index is 0.0355. The quantitative estimate of drug-likeness (QED) is 0.216. The second-order valence-corrected chi connectivity index (χ2v) is 19.1. The zero-order valence-corrected chi connectivity index (χ0v) is 31.6. The molecule has 0 bridgehead atoms. The maximum atomic E-state index is 15.3. The predicted molar refractivity (Wildman–Crippen MR) is 195 cm³/mol. The topological polar surface area (TPSA) is 69.6 Å². The van der Waals surface area contributed by atoms with Crippen LogP contribution >= 0.6 is 0 Å². The van der Waals surface area contributed by atoms with Crippen LogP contribution in [0.15, 0.2) is 42.0 Å². The van der Waals surface area contributed by atoms with Gasteiger partial charge < -0.3 is 15.3 Å². The number of hydrogen-bond acceptors (Lipinski definition) is 3. The van der Waals surface area contributed by atoms with Crippen LogP contribution in [0.3, 0.4) is 0 Å². The number of carbonyl (C=O) groups is 2. The number of hydrogen-bond donors (Lipinski definition) is 2. The lowest BCUT2D eigenvalue weighted by Crippen LogP contribution is -2.65. The van der Waals surface area contributed by atoms with Crippen LogP contribution < -0.4 is 5.32 Å². The molecule has 2 N–H and O–H groups in total. The minimum Gasteiger partial charge on any atom is -0.393 e. The molecule has 5 aliphatic carbocycles. The van der Waals surface area contributed by atoms with Crippen molar-refractivity contribution in [3.05, 3.63) is 47.5 Å². The van der Waals surface area contributed by atoms with Crippen LogP contribution in [-0.4, -0.2) is 41.0 Å². The van der Waals surface area contributed by atoms with E-state index < -0.39 is 5.41 Å². The van der Waals surface area contributed by atoms with E-state index in [1.807, 2.05) is 23.1 Å². The third kappa shape index (κ3) is 5.61. The van der Waals surface area contributed by atoms with Gasteiger partial charge in [-0.1, -0.05) is 104 Å². The van der Waals surface area contributed by atoms with Crippen molar-refractivity contribution in [3.63, 3.8) is 0 Å². The molecule has 1 aromatic carbocycles. The molecule has 8 atom stereocenters. The highest BCUT2D eigenvalue weighted by Gasteiger charge is 2.69. The van der Waals surface area contributed by atoms with Gasteiger partial charge in [0, 0.05) is 13.1 Å². The summed E-state index contributed by atoms with van der Waals surface area (Å²) in [6.45, 7) is 20.6. The summed E-state index contributed by atoms with van der Waals surface area (Å²) >= 11 is 0. The first-order valence-corrected chi connectivity index (χ1v) is 19.5. The minimum atomic E-state index is -0.472. The molecular formula is C43H66N2O3. The molecule has 0 heterocycles. The zero-order valence-electron chi connectivity index (χ0n) is 31.6. The van der Waals surface area contributed by atoms with Gasteiger partial charge >= 0.3 is 0 Å². The maximum absolute atomic E-state index is 15.3. The van der Waals surface area contributed by atoms with Gasteiger partial charge in [-0.25, -0.2) is 0 Å². The Morgan fingerprint density at radius 1 is 0.896 bits per heavy atom. The van der Waals surface area contributed by atoms with E-state index in [-0.39, 0.29) is 57.5 Å². The average Bonchev–Trinajstić information content (AvgIpc) is 3.03. The van der Waals surface area contributed by atoms with Crippen molar-refractivity contribution in [1.82, 2.24) is 10.2 Å². The van der Waals surface area contributed by atoms with E-state index in [1.54, 1.807) is 5.57 Å². The van der Waals surface area contributed by atoms with Gasteiger partial charge in [0.1, 0.15) is 0 Å². The molecule has 5 heteroatoms. The first kappa shape index (κ1) is 35.7. The zero-order chi connectivity index (χ0) is 34.8. The van der Waals surface area contributed by atoms with Gasteiger partial charge in [0.25, 0.3) is 0 Å². The van der Waals surface area contributed by atoms with E-state index >= 15 is 4.79 Å². The Labute approximate surface area is 292 Å². The van der Waals surface area contributed by atoms with E-state index in [1.165, 1.54) is 12.8 Å². The lowest BCUT2D eigenvalue weighted by atomic mass is 9.33. The van der Waals surface area contributed by atoms with Gasteiger partial charge in [0.2, 0.25) is 11.8 Å². The van der Waals surface area contributed by atoms with E-state index in [4.69, 9.17) is 0 Å². The molecule has 4 saturated carbocycles. The Hall–Kier alpha value is -2.14. The van der Waals surface area contributed by atoms with Crippen LogP contribution in [-0.2, 0) is 16.1 Å². The summed E-state index contributed by atoms with van der Waals surface area (Å²) in [5.41, 5.74) is 2.67. The smallest absolute Gasteiger partial charge is 0.239 e. The standard InChI is InChI=1S/C43H66N2O3/c1-9-10-26-44-36(47)29-45(28-30-14-12-11-13-15-30)37(48)43-24-22-38(2,3)27-32(43)31-16-17-34-40(6)20-19-35(46)39(4,5)33(40)18-21-42(34,8)41(31,7)23-25-43/h11-16,32-35,46H,9-10,17-29H2,1-8H3,(H,44,47)/t32-,33-,34+,35-,40-,41+,42+,43-/m0/s1. The number of allylic oxidation sites excluding steroid dienone is 2. The summed E-state index contributed by atoms with van der Waals surface area (Å²) < 4.78 is 0. The summed E-state index contributed by atoms with van der Waals surface area (Å²) in [4.78, 5) is 30.6. The molecule has 0 unspecified atom stereocenters. The van der Waals surface area contributed by atoms with Crippen molar-refractivity contribution in [2.45, 2.75) is 145 Å². The van der Waals surface area contributed by atoms with Crippen LogP contribution in [0.4, 0.5) is 0 Å². The number of carbonyl (C=O) groups excluding carboxylic acids is 2. The Bertz CT molecular complexity index is 1400. The molecular weight excluding hydrogens is 592 g/mol. The second-order valence-electron chi connectivity index (χ2n) is 19.1. The maximum Gasteiger partial charge on any atom is 0.239 e. The average molecular weight is 659 g/mol. The molecule has 0 radical (unpaired) electrons. The van der Waals surface area contributed by atoms with Crippen LogP contribution in [0.5, 0.6) is 0 Å². The fourth-order valence-corrected chi connectivity index (χ4v) is 12.6. The summed E-state index contributed by atoms with van der Waals surface area (Å²) in [6.07, 6.45) is 14.7. The fourth-order valence-electron chi connectivity index (χ4n) is 12.6. The number of amides is 2. The number of benzene rings is 1. The number of unbranched alkanes of at least 4 members (excludes halogenated alkanes) is 1. The highest BCUT2D eigenvalue weighted by molar-refractivity contribution is 5.89. The molecule has 4 fully saturated rings. The van der Waals surface area contributed by atoms with Crippen molar-refractivity contribution in [3.8, 4) is 0 Å². The number of nitrogens with zero attached hydrogens (tertiary/aromatic N) is 1. The molecule has 6 rings (SSSR count). The Kier molecular flexibility index (Phi) is 9.34. The van der Waals surface area contributed by atoms with Crippen LogP contribution in [0.2, 0.25) is 0 Å². The third-order valence-corrected chi connectivity index (χ3v) is 15.7. The highest BCUT2D eigenvalue weighted by Crippen LogP contribution is 2.75. The Morgan fingerprint density at radius 3 is 2.31 bits per heavy atom. The fraction of sp³-hybridized carbons (Fsp3) is 0.767. The summed E-state index contributed by atoms with van der Waals surface area (Å²) in [5, 5.41) is 14.2.